The first-order valence-electron chi connectivity index (χ1n) is 7.45. The zero-order valence-electron chi connectivity index (χ0n) is 12.8. The highest BCUT2D eigenvalue weighted by molar-refractivity contribution is 5.18. The van der Waals surface area contributed by atoms with Crippen LogP contribution in [0.1, 0.15) is 45.6 Å². The molecule has 0 amide bonds. The van der Waals surface area contributed by atoms with Gasteiger partial charge in [0.15, 0.2) is 0 Å². The minimum atomic E-state index is 0.546. The third-order valence-corrected chi connectivity index (χ3v) is 3.75. The van der Waals surface area contributed by atoms with Gasteiger partial charge >= 0.3 is 0 Å². The fourth-order valence-corrected chi connectivity index (χ4v) is 2.49. The Morgan fingerprint density at radius 1 is 1.21 bits per heavy atom. The molecule has 0 bridgehead atoms. The van der Waals surface area contributed by atoms with Crippen LogP contribution < -0.4 is 10.1 Å². The van der Waals surface area contributed by atoms with Crippen molar-refractivity contribution < 1.29 is 4.74 Å². The number of hydrogen-bond acceptors (Lipinski definition) is 3. The van der Waals surface area contributed by atoms with Gasteiger partial charge in [-0.25, -0.2) is 4.98 Å². The van der Waals surface area contributed by atoms with E-state index in [2.05, 4.69) is 37.1 Å². The molecule has 1 aromatic heterocycles. The second-order valence-electron chi connectivity index (χ2n) is 5.09. The number of aromatic nitrogens is 1. The first kappa shape index (κ1) is 16.0. The lowest BCUT2D eigenvalue weighted by Crippen LogP contribution is -2.33. The summed E-state index contributed by atoms with van der Waals surface area (Å²) in [4.78, 5) is 4.28. The fourth-order valence-electron chi connectivity index (χ4n) is 2.49. The normalized spacial score (nSPS) is 12.7. The first-order chi connectivity index (χ1) is 9.23. The molecule has 1 rings (SSSR count). The van der Waals surface area contributed by atoms with E-state index < -0.39 is 0 Å². The smallest absolute Gasteiger partial charge is 0.212 e. The number of likely N-dealkylation sites (N-methyl/N-ethyl adjacent to an activating group) is 1. The Labute approximate surface area is 117 Å². The highest BCUT2D eigenvalue weighted by atomic mass is 16.5. The van der Waals surface area contributed by atoms with Crippen molar-refractivity contribution in [3.05, 3.63) is 23.9 Å². The van der Waals surface area contributed by atoms with Crippen LogP contribution in [0, 0.1) is 5.92 Å². The summed E-state index contributed by atoms with van der Waals surface area (Å²) in [6.07, 6.45) is 6.74. The number of nitrogens with one attached hydrogen (secondary N) is 1. The molecule has 1 atom stereocenters. The predicted octanol–water partition coefficient (Wildman–Crippen LogP) is 3.44. The summed E-state index contributed by atoms with van der Waals surface area (Å²) < 4.78 is 5.09. The van der Waals surface area contributed by atoms with Crippen LogP contribution in [-0.4, -0.2) is 24.7 Å². The van der Waals surface area contributed by atoms with Crippen molar-refractivity contribution in [3.63, 3.8) is 0 Å². The maximum absolute atomic E-state index is 5.09. The van der Waals surface area contributed by atoms with Crippen molar-refractivity contribution in [3.8, 4) is 5.88 Å². The van der Waals surface area contributed by atoms with E-state index in [-0.39, 0.29) is 0 Å². The Bertz CT molecular complexity index is 333. The van der Waals surface area contributed by atoms with Gasteiger partial charge < -0.3 is 10.1 Å². The first-order valence-corrected chi connectivity index (χ1v) is 7.45. The van der Waals surface area contributed by atoms with Gasteiger partial charge in [-0.1, -0.05) is 39.7 Å². The van der Waals surface area contributed by atoms with Gasteiger partial charge in [0.05, 0.1) is 7.11 Å². The molecule has 3 nitrogen and oxygen atoms in total. The lowest BCUT2D eigenvalue weighted by Gasteiger charge is -2.22. The highest BCUT2D eigenvalue weighted by Crippen LogP contribution is 2.18. The van der Waals surface area contributed by atoms with Crippen LogP contribution in [0.5, 0.6) is 5.88 Å². The van der Waals surface area contributed by atoms with Gasteiger partial charge in [0.25, 0.3) is 0 Å². The van der Waals surface area contributed by atoms with E-state index >= 15 is 0 Å². The monoisotopic (exact) mass is 264 g/mol. The molecule has 0 fully saturated rings. The van der Waals surface area contributed by atoms with Crippen molar-refractivity contribution in [2.45, 2.75) is 52.5 Å². The number of methoxy groups -OCH3 is 1. The third kappa shape index (κ3) is 5.60. The maximum Gasteiger partial charge on any atom is 0.212 e. The average Bonchev–Trinajstić information content (AvgIpc) is 2.45. The highest BCUT2D eigenvalue weighted by Gasteiger charge is 2.14. The Morgan fingerprint density at radius 3 is 2.42 bits per heavy atom. The Balaban J connectivity index is 2.60. The van der Waals surface area contributed by atoms with Crippen LogP contribution in [-0.2, 0) is 6.42 Å². The van der Waals surface area contributed by atoms with E-state index in [4.69, 9.17) is 4.74 Å². The van der Waals surface area contributed by atoms with Crippen LogP contribution in [0.3, 0.4) is 0 Å². The lowest BCUT2D eigenvalue weighted by molar-refractivity contribution is 0.366. The Morgan fingerprint density at radius 2 is 1.95 bits per heavy atom. The molecule has 0 saturated carbocycles. The van der Waals surface area contributed by atoms with Gasteiger partial charge in [0, 0.05) is 18.3 Å². The summed E-state index contributed by atoms with van der Waals surface area (Å²) >= 11 is 0. The molecule has 0 radical (unpaired) electrons. The molecule has 0 spiro atoms. The minimum Gasteiger partial charge on any atom is -0.481 e. The van der Waals surface area contributed by atoms with Crippen molar-refractivity contribution in [1.82, 2.24) is 10.3 Å². The molecule has 1 N–H and O–H groups in total. The summed E-state index contributed by atoms with van der Waals surface area (Å²) in [5.41, 5.74) is 1.28. The third-order valence-electron chi connectivity index (χ3n) is 3.75. The van der Waals surface area contributed by atoms with Crippen molar-refractivity contribution in [1.29, 1.82) is 0 Å². The number of hydrogen-bond donors (Lipinski definition) is 1. The van der Waals surface area contributed by atoms with Gasteiger partial charge in [-0.15, -0.1) is 0 Å². The number of rotatable bonds is 9. The number of ether oxygens (including phenoxy) is 1. The Kier molecular flexibility index (Phi) is 7.49. The predicted molar refractivity (Wildman–Crippen MR) is 80.6 cm³/mol. The second kappa shape index (κ2) is 8.92. The van der Waals surface area contributed by atoms with Gasteiger partial charge in [0.1, 0.15) is 0 Å². The van der Waals surface area contributed by atoms with Crippen LogP contribution in [0.2, 0.25) is 0 Å². The molecule has 0 aromatic carbocycles. The van der Waals surface area contributed by atoms with Crippen LogP contribution in [0.25, 0.3) is 0 Å². The van der Waals surface area contributed by atoms with Gasteiger partial charge in [-0.3, -0.25) is 0 Å². The van der Waals surface area contributed by atoms with E-state index in [0.29, 0.717) is 11.9 Å². The SMILES string of the molecule is CCNC(Cc1ccc(OC)nc1)CC(CC)CC. The van der Waals surface area contributed by atoms with E-state index in [1.165, 1.54) is 24.8 Å². The summed E-state index contributed by atoms with van der Waals surface area (Å²) in [7, 11) is 1.65. The molecular weight excluding hydrogens is 236 g/mol. The van der Waals surface area contributed by atoms with E-state index in [1.807, 2.05) is 12.3 Å². The van der Waals surface area contributed by atoms with Crippen molar-refractivity contribution >= 4 is 0 Å². The fraction of sp³-hybridized carbons (Fsp3) is 0.688. The topological polar surface area (TPSA) is 34.1 Å². The average molecular weight is 264 g/mol. The summed E-state index contributed by atoms with van der Waals surface area (Å²) in [5.74, 6) is 1.50. The molecule has 0 aliphatic heterocycles. The standard InChI is InChI=1S/C16H28N2O/c1-5-13(6-2)10-15(17-7-3)11-14-8-9-16(19-4)18-12-14/h8-9,12-13,15,17H,5-7,10-11H2,1-4H3. The zero-order chi connectivity index (χ0) is 14.1. The summed E-state index contributed by atoms with van der Waals surface area (Å²) in [6.45, 7) is 7.76. The maximum atomic E-state index is 5.09. The van der Waals surface area contributed by atoms with E-state index in [1.54, 1.807) is 7.11 Å². The van der Waals surface area contributed by atoms with Crippen LogP contribution >= 0.6 is 0 Å². The second-order valence-corrected chi connectivity index (χ2v) is 5.09. The molecule has 3 heteroatoms. The van der Waals surface area contributed by atoms with E-state index in [9.17, 15) is 0 Å². The largest absolute Gasteiger partial charge is 0.481 e. The quantitative estimate of drug-likeness (QED) is 0.742. The van der Waals surface area contributed by atoms with Crippen LogP contribution in [0.15, 0.2) is 18.3 Å². The summed E-state index contributed by atoms with van der Waals surface area (Å²) in [6, 6.07) is 4.60. The van der Waals surface area contributed by atoms with Gasteiger partial charge in [-0.2, -0.15) is 0 Å². The van der Waals surface area contributed by atoms with Crippen LogP contribution in [0.4, 0.5) is 0 Å². The van der Waals surface area contributed by atoms with Crippen molar-refractivity contribution in [2.75, 3.05) is 13.7 Å². The zero-order valence-corrected chi connectivity index (χ0v) is 12.8. The lowest BCUT2D eigenvalue weighted by atomic mass is 9.92. The van der Waals surface area contributed by atoms with E-state index in [0.717, 1.165) is 18.9 Å². The molecule has 1 aromatic rings. The van der Waals surface area contributed by atoms with Crippen molar-refractivity contribution in [2.24, 2.45) is 5.92 Å². The molecule has 0 aliphatic rings. The molecule has 19 heavy (non-hydrogen) atoms. The summed E-state index contributed by atoms with van der Waals surface area (Å²) in [5, 5.41) is 3.60. The molecule has 0 aliphatic carbocycles. The molecule has 0 saturated heterocycles. The van der Waals surface area contributed by atoms with Gasteiger partial charge in [-0.05, 0) is 30.9 Å². The number of pyridine rings is 1. The Hall–Kier alpha value is -1.09. The molecule has 1 heterocycles. The molecular formula is C16H28N2O. The minimum absolute atomic E-state index is 0.546. The molecule has 1 unspecified atom stereocenters. The van der Waals surface area contributed by atoms with Gasteiger partial charge in [0.2, 0.25) is 5.88 Å². The number of nitrogens with zero attached hydrogens (tertiary/aromatic N) is 1. The molecule has 108 valence electrons.